The van der Waals surface area contributed by atoms with Gasteiger partial charge in [0.2, 0.25) is 0 Å². The molecule has 0 radical (unpaired) electrons. The van der Waals surface area contributed by atoms with Gasteiger partial charge in [-0.05, 0) is 109 Å². The number of rotatable bonds is 5. The monoisotopic (exact) mass is 766 g/mol. The van der Waals surface area contributed by atoms with Gasteiger partial charge in [-0.2, -0.15) is 0 Å². The lowest BCUT2D eigenvalue weighted by Gasteiger charge is -2.22. The molecule has 60 heavy (non-hydrogen) atoms. The van der Waals surface area contributed by atoms with Gasteiger partial charge >= 0.3 is 0 Å². The van der Waals surface area contributed by atoms with E-state index < -0.39 is 0 Å². The van der Waals surface area contributed by atoms with Crippen LogP contribution in [0, 0.1) is 0 Å². The first kappa shape index (κ1) is 34.4. The topological polar surface area (TPSA) is 38.9 Å². The van der Waals surface area contributed by atoms with Crippen LogP contribution in [-0.2, 0) is 5.41 Å². The van der Waals surface area contributed by atoms with E-state index in [1.54, 1.807) is 0 Å². The molecule has 2 aromatic heterocycles. The Kier molecular flexibility index (Phi) is 7.58. The first-order valence-electron chi connectivity index (χ1n) is 20.6. The summed E-state index contributed by atoms with van der Waals surface area (Å²) >= 11 is 0. The molecule has 3 nitrogen and oxygen atoms in total. The molecular weight excluding hydrogens is 729 g/mol. The zero-order valence-corrected chi connectivity index (χ0v) is 33.3. The zero-order chi connectivity index (χ0) is 40.0. The van der Waals surface area contributed by atoms with Crippen LogP contribution in [0.3, 0.4) is 0 Å². The summed E-state index contributed by atoms with van der Waals surface area (Å²) in [4.78, 5) is 10.5. The minimum Gasteiger partial charge on any atom is -0.456 e. The summed E-state index contributed by atoms with van der Waals surface area (Å²) in [6.07, 6.45) is 0. The summed E-state index contributed by atoms with van der Waals surface area (Å²) in [5.41, 5.74) is 16.6. The fourth-order valence-corrected chi connectivity index (χ4v) is 9.67. The van der Waals surface area contributed by atoms with E-state index in [0.29, 0.717) is 5.82 Å². The molecule has 0 unspecified atom stereocenters. The van der Waals surface area contributed by atoms with E-state index in [-0.39, 0.29) is 5.41 Å². The average molecular weight is 767 g/mol. The van der Waals surface area contributed by atoms with E-state index in [0.717, 1.165) is 66.5 Å². The van der Waals surface area contributed by atoms with Crippen molar-refractivity contribution in [1.29, 1.82) is 0 Å². The Morgan fingerprint density at radius 2 is 1.00 bits per heavy atom. The first-order valence-corrected chi connectivity index (χ1v) is 20.6. The van der Waals surface area contributed by atoms with Gasteiger partial charge in [0.25, 0.3) is 0 Å². The summed E-state index contributed by atoms with van der Waals surface area (Å²) in [5, 5.41) is 7.13. The van der Waals surface area contributed by atoms with Gasteiger partial charge in [0.05, 0.1) is 11.4 Å². The molecule has 0 fully saturated rings. The molecule has 0 aliphatic heterocycles. The van der Waals surface area contributed by atoms with Crippen molar-refractivity contribution >= 4 is 43.5 Å². The number of furan rings is 1. The maximum Gasteiger partial charge on any atom is 0.160 e. The Hall–Kier alpha value is -7.62. The Balaban J connectivity index is 1.02. The summed E-state index contributed by atoms with van der Waals surface area (Å²) in [5.74, 6) is 0.694. The lowest BCUT2D eigenvalue weighted by Crippen LogP contribution is -2.14. The number of nitrogens with zero attached hydrogens (tertiary/aromatic N) is 2. The van der Waals surface area contributed by atoms with Crippen molar-refractivity contribution in [2.75, 3.05) is 0 Å². The van der Waals surface area contributed by atoms with Gasteiger partial charge in [-0.15, -0.1) is 0 Å². The minimum absolute atomic E-state index is 0.122. The molecule has 1 aliphatic rings. The van der Waals surface area contributed by atoms with E-state index in [1.165, 1.54) is 49.5 Å². The summed E-state index contributed by atoms with van der Waals surface area (Å²) in [6.45, 7) is 4.73. The summed E-state index contributed by atoms with van der Waals surface area (Å²) in [7, 11) is 0. The van der Waals surface area contributed by atoms with Crippen molar-refractivity contribution in [2.24, 2.45) is 0 Å². The fourth-order valence-electron chi connectivity index (χ4n) is 9.67. The first-order chi connectivity index (χ1) is 29.5. The van der Waals surface area contributed by atoms with Crippen LogP contribution in [-0.4, -0.2) is 9.97 Å². The number of fused-ring (bicyclic) bond motifs is 8. The molecule has 0 atom stereocenters. The highest BCUT2D eigenvalue weighted by Gasteiger charge is 2.37. The third-order valence-electron chi connectivity index (χ3n) is 12.7. The fraction of sp³-hybridized carbons (Fsp3) is 0.0526. The van der Waals surface area contributed by atoms with Crippen molar-refractivity contribution in [2.45, 2.75) is 19.3 Å². The van der Waals surface area contributed by atoms with Crippen LogP contribution in [0.15, 0.2) is 199 Å². The van der Waals surface area contributed by atoms with E-state index in [9.17, 15) is 0 Å². The maximum absolute atomic E-state index is 6.15. The van der Waals surface area contributed by atoms with E-state index in [1.807, 2.05) is 30.3 Å². The van der Waals surface area contributed by atoms with Crippen LogP contribution in [0.4, 0.5) is 0 Å². The van der Waals surface area contributed by atoms with Crippen molar-refractivity contribution < 1.29 is 4.42 Å². The Morgan fingerprint density at radius 1 is 0.367 bits per heavy atom. The maximum atomic E-state index is 6.15. The third-order valence-corrected chi connectivity index (χ3v) is 12.7. The molecule has 0 amide bonds. The second kappa shape index (κ2) is 13.2. The second-order valence-corrected chi connectivity index (χ2v) is 16.5. The number of aromatic nitrogens is 2. The van der Waals surface area contributed by atoms with E-state index >= 15 is 0 Å². The largest absolute Gasteiger partial charge is 0.456 e. The van der Waals surface area contributed by atoms with Crippen molar-refractivity contribution in [3.63, 3.8) is 0 Å². The lowest BCUT2D eigenvalue weighted by atomic mass is 9.81. The van der Waals surface area contributed by atoms with Gasteiger partial charge in [0.15, 0.2) is 5.82 Å². The van der Waals surface area contributed by atoms with Crippen LogP contribution in [0.2, 0.25) is 0 Å². The lowest BCUT2D eigenvalue weighted by molar-refractivity contribution is 0.661. The quantitative estimate of drug-likeness (QED) is 0.175. The normalized spacial score (nSPS) is 13.0. The SMILES string of the molecule is CC1(C)c2cc3ccccc3cc2-c2c(-c3ccc(-c4cc(-c5cccc(-c6ccc7oc8ccccc8c7c6)c5)nc(-c5ccccc5)n4)c4ccccc34)cccc21. The zero-order valence-electron chi connectivity index (χ0n) is 33.3. The highest BCUT2D eigenvalue weighted by atomic mass is 16.3. The molecule has 3 heteroatoms. The Bertz CT molecular complexity index is 3520. The number of hydrogen-bond donors (Lipinski definition) is 0. The molecule has 2 heterocycles. The Labute approximate surface area is 348 Å². The predicted molar refractivity (Wildman–Crippen MR) is 249 cm³/mol. The van der Waals surface area contributed by atoms with Crippen molar-refractivity contribution in [3.05, 3.63) is 205 Å². The smallest absolute Gasteiger partial charge is 0.160 e. The van der Waals surface area contributed by atoms with Crippen LogP contribution in [0.1, 0.15) is 25.0 Å². The summed E-state index contributed by atoms with van der Waals surface area (Å²) < 4.78 is 6.15. The van der Waals surface area contributed by atoms with Gasteiger partial charge in [0.1, 0.15) is 11.2 Å². The van der Waals surface area contributed by atoms with Crippen molar-refractivity contribution in [1.82, 2.24) is 9.97 Å². The highest BCUT2D eigenvalue weighted by molar-refractivity contribution is 6.09. The molecule has 0 N–H and O–H groups in total. The summed E-state index contributed by atoms with van der Waals surface area (Å²) in [6, 6.07) is 69.6. The predicted octanol–water partition coefficient (Wildman–Crippen LogP) is 15.3. The molecule has 0 bridgehead atoms. The van der Waals surface area contributed by atoms with E-state index in [4.69, 9.17) is 14.4 Å². The molecule has 12 rings (SSSR count). The van der Waals surface area contributed by atoms with Gasteiger partial charge in [-0.1, -0.05) is 166 Å². The molecular formula is C57H38N2O. The second-order valence-electron chi connectivity index (χ2n) is 16.5. The molecule has 282 valence electrons. The minimum atomic E-state index is -0.122. The molecule has 11 aromatic rings. The van der Waals surface area contributed by atoms with Gasteiger partial charge in [-0.3, -0.25) is 0 Å². The van der Waals surface area contributed by atoms with Crippen LogP contribution in [0.5, 0.6) is 0 Å². The van der Waals surface area contributed by atoms with Gasteiger partial charge in [-0.25, -0.2) is 9.97 Å². The van der Waals surface area contributed by atoms with Gasteiger partial charge in [0, 0.05) is 32.9 Å². The Morgan fingerprint density at radius 3 is 1.85 bits per heavy atom. The van der Waals surface area contributed by atoms with Crippen LogP contribution < -0.4 is 0 Å². The van der Waals surface area contributed by atoms with E-state index in [2.05, 4.69) is 178 Å². The molecule has 0 spiro atoms. The van der Waals surface area contributed by atoms with Crippen LogP contribution in [0.25, 0.3) is 111 Å². The number of para-hydroxylation sites is 1. The van der Waals surface area contributed by atoms with Crippen molar-refractivity contribution in [3.8, 4) is 67.3 Å². The third kappa shape index (κ3) is 5.36. The van der Waals surface area contributed by atoms with Gasteiger partial charge < -0.3 is 4.42 Å². The highest BCUT2D eigenvalue weighted by Crippen LogP contribution is 2.54. The standard InChI is InChI=1S/C57H38N2O/c1-57(2)49-24-13-23-46(55(49)48-32-37-16-6-7-17-38(37)33-50(48)57)43-27-28-44(42-21-9-8-20-41(42)43)52-34-51(58-56(59-52)35-14-4-3-5-15-35)40-19-12-18-36(30-40)39-26-29-54-47(31-39)45-22-10-11-25-53(45)60-54/h3-34H,1-2H3. The molecule has 0 saturated carbocycles. The molecule has 0 saturated heterocycles. The molecule has 9 aromatic carbocycles. The molecule has 1 aliphatic carbocycles. The number of benzene rings is 9. The number of hydrogen-bond acceptors (Lipinski definition) is 3. The van der Waals surface area contributed by atoms with Crippen LogP contribution >= 0.6 is 0 Å². The average Bonchev–Trinajstić information content (AvgIpc) is 3.79.